The van der Waals surface area contributed by atoms with Gasteiger partial charge < -0.3 is 14.6 Å². The molecular weight excluding hydrogens is 208 g/mol. The lowest BCUT2D eigenvalue weighted by Crippen LogP contribution is -2.07. The standard InChI is InChI=1S/C12H10O4/c1-15-12(14)16-11-7-9-5-3-2-4-8(9)6-10(11)13/h2-7,13H,1H3. The van der Waals surface area contributed by atoms with Crippen molar-refractivity contribution in [3.05, 3.63) is 36.4 Å². The number of fused-ring (bicyclic) bond motifs is 1. The molecule has 0 spiro atoms. The van der Waals surface area contributed by atoms with Gasteiger partial charge in [-0.3, -0.25) is 0 Å². The van der Waals surface area contributed by atoms with E-state index in [4.69, 9.17) is 4.74 Å². The molecule has 0 aliphatic rings. The van der Waals surface area contributed by atoms with Gasteiger partial charge in [0.25, 0.3) is 0 Å². The van der Waals surface area contributed by atoms with Gasteiger partial charge in [0.05, 0.1) is 7.11 Å². The Balaban J connectivity index is 2.46. The zero-order chi connectivity index (χ0) is 11.5. The van der Waals surface area contributed by atoms with Crippen LogP contribution in [0.1, 0.15) is 0 Å². The predicted molar refractivity (Wildman–Crippen MR) is 58.6 cm³/mol. The summed E-state index contributed by atoms with van der Waals surface area (Å²) in [6, 6.07) is 10.6. The van der Waals surface area contributed by atoms with Crippen LogP contribution in [0.25, 0.3) is 10.8 Å². The van der Waals surface area contributed by atoms with E-state index in [1.54, 1.807) is 6.07 Å². The zero-order valence-electron chi connectivity index (χ0n) is 8.64. The molecule has 0 heterocycles. The van der Waals surface area contributed by atoms with Crippen LogP contribution >= 0.6 is 0 Å². The van der Waals surface area contributed by atoms with E-state index in [0.29, 0.717) is 0 Å². The number of aromatic hydroxyl groups is 1. The maximum atomic E-state index is 10.9. The number of hydrogen-bond acceptors (Lipinski definition) is 4. The second-order valence-electron chi connectivity index (χ2n) is 3.22. The first-order valence-corrected chi connectivity index (χ1v) is 4.68. The molecule has 4 nitrogen and oxygen atoms in total. The van der Waals surface area contributed by atoms with E-state index >= 15 is 0 Å². The van der Waals surface area contributed by atoms with Gasteiger partial charge in [-0.15, -0.1) is 0 Å². The Bertz CT molecular complexity index is 534. The fourth-order valence-electron chi connectivity index (χ4n) is 1.42. The summed E-state index contributed by atoms with van der Waals surface area (Å²) in [5.41, 5.74) is 0. The van der Waals surface area contributed by atoms with Gasteiger partial charge in [0.15, 0.2) is 11.5 Å². The largest absolute Gasteiger partial charge is 0.513 e. The van der Waals surface area contributed by atoms with Crippen molar-refractivity contribution in [2.24, 2.45) is 0 Å². The van der Waals surface area contributed by atoms with E-state index in [1.165, 1.54) is 13.2 Å². The number of benzene rings is 2. The van der Waals surface area contributed by atoms with Crippen LogP contribution in [0.4, 0.5) is 4.79 Å². The van der Waals surface area contributed by atoms with Crippen LogP contribution in [0.3, 0.4) is 0 Å². The quantitative estimate of drug-likeness (QED) is 0.590. The van der Waals surface area contributed by atoms with E-state index in [0.717, 1.165) is 10.8 Å². The molecule has 1 N–H and O–H groups in total. The van der Waals surface area contributed by atoms with Gasteiger partial charge in [-0.05, 0) is 22.9 Å². The smallest absolute Gasteiger partial charge is 0.504 e. The summed E-state index contributed by atoms with van der Waals surface area (Å²) in [5, 5.41) is 11.4. The molecule has 0 saturated carbocycles. The van der Waals surface area contributed by atoms with Crippen molar-refractivity contribution in [1.29, 1.82) is 0 Å². The van der Waals surface area contributed by atoms with Crippen molar-refractivity contribution >= 4 is 16.9 Å². The normalized spacial score (nSPS) is 10.1. The predicted octanol–water partition coefficient (Wildman–Crippen LogP) is 2.69. The molecule has 0 unspecified atom stereocenters. The number of phenolic OH excluding ortho intramolecular Hbond substituents is 1. The molecule has 82 valence electrons. The molecule has 16 heavy (non-hydrogen) atoms. The minimum absolute atomic E-state index is 0.0885. The van der Waals surface area contributed by atoms with E-state index < -0.39 is 6.16 Å². The van der Waals surface area contributed by atoms with E-state index in [1.807, 2.05) is 24.3 Å². The zero-order valence-corrected chi connectivity index (χ0v) is 8.64. The van der Waals surface area contributed by atoms with Crippen LogP contribution in [-0.4, -0.2) is 18.4 Å². The summed E-state index contributed by atoms with van der Waals surface area (Å²) in [6.07, 6.45) is -0.856. The minimum atomic E-state index is -0.856. The van der Waals surface area contributed by atoms with E-state index in [2.05, 4.69) is 4.74 Å². The number of ether oxygens (including phenoxy) is 2. The van der Waals surface area contributed by atoms with Gasteiger partial charge in [0.1, 0.15) is 0 Å². The van der Waals surface area contributed by atoms with Crippen LogP contribution in [0.2, 0.25) is 0 Å². The topological polar surface area (TPSA) is 55.8 Å². The van der Waals surface area contributed by atoms with Crippen molar-refractivity contribution in [3.8, 4) is 11.5 Å². The maximum absolute atomic E-state index is 10.9. The Morgan fingerprint density at radius 3 is 2.44 bits per heavy atom. The second-order valence-corrected chi connectivity index (χ2v) is 3.22. The molecule has 2 rings (SSSR count). The maximum Gasteiger partial charge on any atom is 0.513 e. The van der Waals surface area contributed by atoms with Gasteiger partial charge in [0, 0.05) is 0 Å². The summed E-state index contributed by atoms with van der Waals surface area (Å²) in [4.78, 5) is 10.9. The summed E-state index contributed by atoms with van der Waals surface area (Å²) >= 11 is 0. The lowest BCUT2D eigenvalue weighted by Gasteiger charge is -2.06. The lowest BCUT2D eigenvalue weighted by molar-refractivity contribution is 0.120. The molecule has 0 aromatic heterocycles. The van der Waals surface area contributed by atoms with Crippen LogP contribution in [0.5, 0.6) is 11.5 Å². The molecule has 0 saturated heterocycles. The highest BCUT2D eigenvalue weighted by atomic mass is 16.7. The molecule has 0 aliphatic heterocycles. The number of hydrogen-bond donors (Lipinski definition) is 1. The van der Waals surface area contributed by atoms with Crippen LogP contribution in [0, 0.1) is 0 Å². The summed E-state index contributed by atoms with van der Waals surface area (Å²) in [6.45, 7) is 0. The van der Waals surface area contributed by atoms with Gasteiger partial charge in [0.2, 0.25) is 0 Å². The molecule has 2 aromatic carbocycles. The Kier molecular flexibility index (Phi) is 2.64. The molecule has 0 fully saturated rings. The highest BCUT2D eigenvalue weighted by molar-refractivity contribution is 5.86. The fourth-order valence-corrected chi connectivity index (χ4v) is 1.42. The molecule has 0 atom stereocenters. The third-order valence-electron chi connectivity index (χ3n) is 2.19. The number of phenols is 1. The van der Waals surface area contributed by atoms with Crippen LogP contribution in [0.15, 0.2) is 36.4 Å². The fraction of sp³-hybridized carbons (Fsp3) is 0.0833. The summed E-state index contributed by atoms with van der Waals surface area (Å²) in [5.74, 6) is -0.00495. The second kappa shape index (κ2) is 4.10. The number of carbonyl (C=O) groups is 1. The van der Waals surface area contributed by atoms with Crippen molar-refractivity contribution in [2.45, 2.75) is 0 Å². The Labute approximate surface area is 92.0 Å². The van der Waals surface area contributed by atoms with Crippen molar-refractivity contribution in [1.82, 2.24) is 0 Å². The van der Waals surface area contributed by atoms with Crippen molar-refractivity contribution in [3.63, 3.8) is 0 Å². The van der Waals surface area contributed by atoms with E-state index in [9.17, 15) is 9.90 Å². The molecule has 0 aliphatic carbocycles. The molecular formula is C12H10O4. The number of carbonyl (C=O) groups excluding carboxylic acids is 1. The molecule has 4 heteroatoms. The SMILES string of the molecule is COC(=O)Oc1cc2ccccc2cc1O. The Morgan fingerprint density at radius 1 is 1.19 bits per heavy atom. The first-order valence-electron chi connectivity index (χ1n) is 4.68. The Hall–Kier alpha value is -2.23. The Morgan fingerprint density at radius 2 is 1.81 bits per heavy atom. The first kappa shape index (κ1) is 10.3. The van der Waals surface area contributed by atoms with Crippen molar-refractivity contribution < 1.29 is 19.4 Å². The highest BCUT2D eigenvalue weighted by Crippen LogP contribution is 2.31. The highest BCUT2D eigenvalue weighted by Gasteiger charge is 2.09. The molecule has 2 aromatic rings. The third kappa shape index (κ3) is 1.91. The molecule has 0 radical (unpaired) electrons. The lowest BCUT2D eigenvalue weighted by atomic mass is 10.1. The molecule has 0 amide bonds. The number of methoxy groups -OCH3 is 1. The molecule has 0 bridgehead atoms. The third-order valence-corrected chi connectivity index (χ3v) is 2.19. The first-order chi connectivity index (χ1) is 7.70. The monoisotopic (exact) mass is 218 g/mol. The van der Waals surface area contributed by atoms with Gasteiger partial charge in [-0.1, -0.05) is 24.3 Å². The average Bonchev–Trinajstić information content (AvgIpc) is 2.30. The van der Waals surface area contributed by atoms with Gasteiger partial charge >= 0.3 is 6.16 Å². The van der Waals surface area contributed by atoms with Crippen LogP contribution in [-0.2, 0) is 4.74 Å². The van der Waals surface area contributed by atoms with Crippen molar-refractivity contribution in [2.75, 3.05) is 7.11 Å². The average molecular weight is 218 g/mol. The van der Waals surface area contributed by atoms with E-state index in [-0.39, 0.29) is 11.5 Å². The summed E-state index contributed by atoms with van der Waals surface area (Å²) < 4.78 is 9.14. The van der Waals surface area contributed by atoms with Crippen LogP contribution < -0.4 is 4.74 Å². The number of rotatable bonds is 1. The minimum Gasteiger partial charge on any atom is -0.504 e. The van der Waals surface area contributed by atoms with Gasteiger partial charge in [-0.2, -0.15) is 0 Å². The summed E-state index contributed by atoms with van der Waals surface area (Å²) in [7, 11) is 1.21. The van der Waals surface area contributed by atoms with Gasteiger partial charge in [-0.25, -0.2) is 4.79 Å².